The van der Waals surface area contributed by atoms with Gasteiger partial charge in [0.2, 0.25) is 11.8 Å². The van der Waals surface area contributed by atoms with E-state index >= 15 is 0 Å². The SMILES string of the molecule is COc1ccc(NC(=O)C2CCCCN2Cc2cccnc2)cn1. The Kier molecular flexibility index (Phi) is 5.38. The van der Waals surface area contributed by atoms with Gasteiger partial charge in [-0.1, -0.05) is 12.5 Å². The number of aromatic nitrogens is 2. The minimum Gasteiger partial charge on any atom is -0.481 e. The molecule has 6 nitrogen and oxygen atoms in total. The van der Waals surface area contributed by atoms with E-state index in [4.69, 9.17) is 4.74 Å². The number of pyridine rings is 2. The number of carbonyl (C=O) groups excluding carboxylic acids is 1. The van der Waals surface area contributed by atoms with Gasteiger partial charge in [-0.25, -0.2) is 4.98 Å². The number of anilines is 1. The van der Waals surface area contributed by atoms with Crippen LogP contribution in [-0.4, -0.2) is 40.5 Å². The number of methoxy groups -OCH3 is 1. The fourth-order valence-electron chi connectivity index (χ4n) is 3.00. The number of hydrogen-bond donors (Lipinski definition) is 1. The van der Waals surface area contributed by atoms with E-state index in [9.17, 15) is 4.79 Å². The van der Waals surface area contributed by atoms with Crippen LogP contribution in [0.25, 0.3) is 0 Å². The monoisotopic (exact) mass is 326 g/mol. The third-order valence-electron chi connectivity index (χ3n) is 4.24. The van der Waals surface area contributed by atoms with Gasteiger partial charge in [0.25, 0.3) is 0 Å². The first-order valence-corrected chi connectivity index (χ1v) is 8.20. The zero-order valence-corrected chi connectivity index (χ0v) is 13.8. The van der Waals surface area contributed by atoms with Crippen molar-refractivity contribution >= 4 is 11.6 Å². The summed E-state index contributed by atoms with van der Waals surface area (Å²) in [6.45, 7) is 1.67. The second-order valence-corrected chi connectivity index (χ2v) is 5.92. The fourth-order valence-corrected chi connectivity index (χ4v) is 3.00. The third kappa shape index (κ3) is 4.08. The lowest BCUT2D eigenvalue weighted by Crippen LogP contribution is -2.46. The summed E-state index contributed by atoms with van der Waals surface area (Å²) in [4.78, 5) is 23.2. The van der Waals surface area contributed by atoms with Crippen molar-refractivity contribution in [2.75, 3.05) is 19.0 Å². The molecule has 2 aromatic heterocycles. The number of rotatable bonds is 5. The van der Waals surface area contributed by atoms with Crippen molar-refractivity contribution in [3.8, 4) is 5.88 Å². The van der Waals surface area contributed by atoms with Gasteiger partial charge in [-0.05, 0) is 37.1 Å². The molecule has 1 aliphatic heterocycles. The van der Waals surface area contributed by atoms with Crippen LogP contribution in [0.4, 0.5) is 5.69 Å². The molecular formula is C18H22N4O2. The van der Waals surface area contributed by atoms with Crippen LogP contribution in [0.5, 0.6) is 5.88 Å². The largest absolute Gasteiger partial charge is 0.481 e. The van der Waals surface area contributed by atoms with Gasteiger partial charge in [0.1, 0.15) is 0 Å². The Morgan fingerprint density at radius 3 is 2.96 bits per heavy atom. The van der Waals surface area contributed by atoms with Gasteiger partial charge in [-0.3, -0.25) is 14.7 Å². The van der Waals surface area contributed by atoms with Crippen molar-refractivity contribution in [1.82, 2.24) is 14.9 Å². The van der Waals surface area contributed by atoms with E-state index in [1.807, 2.05) is 18.3 Å². The molecule has 1 saturated heterocycles. The van der Waals surface area contributed by atoms with Crippen LogP contribution >= 0.6 is 0 Å². The van der Waals surface area contributed by atoms with Crippen LogP contribution in [0.2, 0.25) is 0 Å². The Morgan fingerprint density at radius 1 is 1.33 bits per heavy atom. The van der Waals surface area contributed by atoms with Gasteiger partial charge in [-0.15, -0.1) is 0 Å². The molecule has 0 radical (unpaired) electrons. The van der Waals surface area contributed by atoms with Crippen molar-refractivity contribution in [2.24, 2.45) is 0 Å². The molecule has 0 bridgehead atoms. The molecule has 126 valence electrons. The minimum absolute atomic E-state index is 0.0190. The summed E-state index contributed by atoms with van der Waals surface area (Å²) in [5.74, 6) is 0.550. The van der Waals surface area contributed by atoms with Gasteiger partial charge < -0.3 is 10.1 Å². The summed E-state index contributed by atoms with van der Waals surface area (Å²) in [5.41, 5.74) is 1.82. The molecule has 0 saturated carbocycles. The Labute approximate surface area is 141 Å². The molecule has 1 N–H and O–H groups in total. The lowest BCUT2D eigenvalue weighted by Gasteiger charge is -2.34. The molecule has 1 unspecified atom stereocenters. The summed E-state index contributed by atoms with van der Waals surface area (Å²) in [6.07, 6.45) is 8.30. The quantitative estimate of drug-likeness (QED) is 0.914. The van der Waals surface area contributed by atoms with Crippen molar-refractivity contribution in [3.63, 3.8) is 0 Å². The summed E-state index contributed by atoms with van der Waals surface area (Å²) in [5, 5.41) is 2.96. The Balaban J connectivity index is 1.66. The maximum atomic E-state index is 12.7. The highest BCUT2D eigenvalue weighted by atomic mass is 16.5. The van der Waals surface area contributed by atoms with E-state index in [-0.39, 0.29) is 11.9 Å². The zero-order chi connectivity index (χ0) is 16.8. The van der Waals surface area contributed by atoms with Crippen LogP contribution in [-0.2, 0) is 11.3 Å². The molecule has 1 aliphatic rings. The fraction of sp³-hybridized carbons (Fsp3) is 0.389. The van der Waals surface area contributed by atoms with Crippen LogP contribution < -0.4 is 10.1 Å². The van der Waals surface area contributed by atoms with Crippen LogP contribution in [0.1, 0.15) is 24.8 Å². The predicted octanol–water partition coefficient (Wildman–Crippen LogP) is 2.48. The van der Waals surface area contributed by atoms with Crippen LogP contribution in [0, 0.1) is 0 Å². The highest BCUT2D eigenvalue weighted by Crippen LogP contribution is 2.21. The summed E-state index contributed by atoms with van der Waals surface area (Å²) in [7, 11) is 1.57. The van der Waals surface area contributed by atoms with E-state index in [0.717, 1.165) is 37.9 Å². The molecular weight excluding hydrogens is 304 g/mol. The van der Waals surface area contributed by atoms with Gasteiger partial charge >= 0.3 is 0 Å². The molecule has 2 aromatic rings. The van der Waals surface area contributed by atoms with E-state index in [1.54, 1.807) is 31.6 Å². The minimum atomic E-state index is -0.124. The average molecular weight is 326 g/mol. The average Bonchev–Trinajstić information content (AvgIpc) is 2.63. The molecule has 0 aliphatic carbocycles. The number of piperidine rings is 1. The number of nitrogens with zero attached hydrogens (tertiary/aromatic N) is 3. The Morgan fingerprint density at radius 2 is 2.25 bits per heavy atom. The number of ether oxygens (including phenoxy) is 1. The normalized spacial score (nSPS) is 18.1. The smallest absolute Gasteiger partial charge is 0.241 e. The molecule has 24 heavy (non-hydrogen) atoms. The summed E-state index contributed by atoms with van der Waals surface area (Å²) in [6, 6.07) is 7.39. The maximum Gasteiger partial charge on any atom is 0.241 e. The topological polar surface area (TPSA) is 67.3 Å². The van der Waals surface area contributed by atoms with Crippen molar-refractivity contribution in [3.05, 3.63) is 48.4 Å². The molecule has 6 heteroatoms. The molecule has 1 fully saturated rings. The predicted molar refractivity (Wildman–Crippen MR) is 91.7 cm³/mol. The lowest BCUT2D eigenvalue weighted by molar-refractivity contribution is -0.122. The van der Waals surface area contributed by atoms with Crippen molar-refractivity contribution in [1.29, 1.82) is 0 Å². The number of amides is 1. The molecule has 0 aromatic carbocycles. The first-order valence-electron chi connectivity index (χ1n) is 8.20. The second-order valence-electron chi connectivity index (χ2n) is 5.92. The number of nitrogens with one attached hydrogen (secondary N) is 1. The lowest BCUT2D eigenvalue weighted by atomic mass is 10.0. The van der Waals surface area contributed by atoms with Crippen molar-refractivity contribution in [2.45, 2.75) is 31.8 Å². The highest BCUT2D eigenvalue weighted by molar-refractivity contribution is 5.94. The van der Waals surface area contributed by atoms with Crippen molar-refractivity contribution < 1.29 is 9.53 Å². The molecule has 1 amide bonds. The number of likely N-dealkylation sites (tertiary alicyclic amines) is 1. The van der Waals surface area contributed by atoms with E-state index in [1.165, 1.54) is 0 Å². The van der Waals surface area contributed by atoms with Crippen LogP contribution in [0.3, 0.4) is 0 Å². The maximum absolute atomic E-state index is 12.7. The second kappa shape index (κ2) is 7.88. The summed E-state index contributed by atoms with van der Waals surface area (Å²) < 4.78 is 5.04. The zero-order valence-electron chi connectivity index (χ0n) is 13.8. The van der Waals surface area contributed by atoms with Crippen LogP contribution in [0.15, 0.2) is 42.9 Å². The van der Waals surface area contributed by atoms with E-state index < -0.39 is 0 Å². The first kappa shape index (κ1) is 16.4. The molecule has 3 rings (SSSR count). The van der Waals surface area contributed by atoms with Gasteiger partial charge in [0, 0.05) is 25.0 Å². The van der Waals surface area contributed by atoms with Gasteiger partial charge in [-0.2, -0.15) is 0 Å². The van der Waals surface area contributed by atoms with E-state index in [2.05, 4.69) is 20.2 Å². The number of carbonyl (C=O) groups is 1. The molecule has 1 atom stereocenters. The highest BCUT2D eigenvalue weighted by Gasteiger charge is 2.28. The third-order valence-corrected chi connectivity index (χ3v) is 4.24. The standard InChI is InChI=1S/C18H22N4O2/c1-24-17-8-7-15(12-20-17)21-18(23)16-6-2-3-10-22(16)13-14-5-4-9-19-11-14/h4-5,7-9,11-12,16H,2-3,6,10,13H2,1H3,(H,21,23). The van der Waals surface area contributed by atoms with Gasteiger partial charge in [0.15, 0.2) is 0 Å². The summed E-state index contributed by atoms with van der Waals surface area (Å²) >= 11 is 0. The first-order chi connectivity index (χ1) is 11.8. The molecule has 0 spiro atoms. The van der Waals surface area contributed by atoms with Gasteiger partial charge in [0.05, 0.1) is 25.0 Å². The Bertz CT molecular complexity index is 660. The number of hydrogen-bond acceptors (Lipinski definition) is 5. The Hall–Kier alpha value is -2.47. The van der Waals surface area contributed by atoms with E-state index in [0.29, 0.717) is 11.6 Å². The molecule has 3 heterocycles.